The SMILES string of the molecule is NNCCc1c[nH]c2ccccc12.O=C(O)/C=C/C(=O)O. The molecule has 0 unspecified atom stereocenters. The highest BCUT2D eigenvalue weighted by atomic mass is 16.4. The van der Waals surface area contributed by atoms with E-state index in [1.54, 1.807) is 0 Å². The fraction of sp³-hybridized carbons (Fsp3) is 0.143. The lowest BCUT2D eigenvalue weighted by atomic mass is 10.1. The first-order valence-corrected chi connectivity index (χ1v) is 6.17. The quantitative estimate of drug-likeness (QED) is 0.316. The van der Waals surface area contributed by atoms with Crippen molar-refractivity contribution >= 4 is 22.8 Å². The second-order valence-electron chi connectivity index (χ2n) is 4.07. The number of hydrogen-bond acceptors (Lipinski definition) is 4. The van der Waals surface area contributed by atoms with Gasteiger partial charge in [-0.3, -0.25) is 11.3 Å². The normalized spacial score (nSPS) is 10.3. The van der Waals surface area contributed by atoms with Gasteiger partial charge < -0.3 is 15.2 Å². The number of para-hydroxylation sites is 1. The number of aromatic nitrogens is 1. The molecule has 0 bridgehead atoms. The fourth-order valence-corrected chi connectivity index (χ4v) is 1.69. The number of H-pyrrole nitrogens is 1. The lowest BCUT2D eigenvalue weighted by molar-refractivity contribution is -0.134. The van der Waals surface area contributed by atoms with Crippen LogP contribution in [0.1, 0.15) is 5.56 Å². The number of benzene rings is 1. The van der Waals surface area contributed by atoms with Gasteiger partial charge in [0.05, 0.1) is 0 Å². The number of carboxylic acids is 2. The molecule has 112 valence electrons. The Kier molecular flexibility index (Phi) is 6.66. The highest BCUT2D eigenvalue weighted by Crippen LogP contribution is 2.17. The summed E-state index contributed by atoms with van der Waals surface area (Å²) in [6.45, 7) is 0.807. The molecule has 0 fully saturated rings. The van der Waals surface area contributed by atoms with Crippen molar-refractivity contribution in [3.05, 3.63) is 48.2 Å². The molecule has 0 saturated heterocycles. The molecule has 7 heteroatoms. The molecule has 1 heterocycles. The first-order chi connectivity index (χ1) is 10.0. The van der Waals surface area contributed by atoms with E-state index < -0.39 is 11.9 Å². The van der Waals surface area contributed by atoms with Crippen molar-refractivity contribution in [2.75, 3.05) is 6.54 Å². The van der Waals surface area contributed by atoms with E-state index in [1.807, 2.05) is 12.3 Å². The number of aliphatic carboxylic acids is 2. The van der Waals surface area contributed by atoms with Crippen molar-refractivity contribution in [1.29, 1.82) is 0 Å². The van der Waals surface area contributed by atoms with Crippen LogP contribution >= 0.6 is 0 Å². The predicted octanol–water partition coefficient (Wildman–Crippen LogP) is 0.885. The van der Waals surface area contributed by atoms with E-state index in [0.29, 0.717) is 12.2 Å². The van der Waals surface area contributed by atoms with E-state index in [0.717, 1.165) is 13.0 Å². The van der Waals surface area contributed by atoms with Crippen LogP contribution in [0.5, 0.6) is 0 Å². The molecule has 6 N–H and O–H groups in total. The number of hydrazine groups is 1. The number of aromatic amines is 1. The second kappa shape index (κ2) is 8.51. The summed E-state index contributed by atoms with van der Waals surface area (Å²) < 4.78 is 0. The number of carboxylic acid groups (broad SMARTS) is 2. The molecular weight excluding hydrogens is 274 g/mol. The molecule has 0 aliphatic carbocycles. The highest BCUT2D eigenvalue weighted by Gasteiger charge is 2.00. The van der Waals surface area contributed by atoms with Crippen molar-refractivity contribution in [2.45, 2.75) is 6.42 Å². The Hall–Kier alpha value is -2.64. The van der Waals surface area contributed by atoms with Crippen LogP contribution in [0.4, 0.5) is 0 Å². The number of nitrogens with one attached hydrogen (secondary N) is 2. The zero-order valence-corrected chi connectivity index (χ0v) is 11.2. The third kappa shape index (κ3) is 5.89. The number of hydrogen-bond donors (Lipinski definition) is 5. The van der Waals surface area contributed by atoms with Crippen LogP contribution in [0.2, 0.25) is 0 Å². The summed E-state index contributed by atoms with van der Waals surface area (Å²) in [7, 11) is 0. The van der Waals surface area contributed by atoms with Gasteiger partial charge in [0.2, 0.25) is 0 Å². The second-order valence-corrected chi connectivity index (χ2v) is 4.07. The average Bonchev–Trinajstić information content (AvgIpc) is 2.87. The Morgan fingerprint density at radius 2 is 1.81 bits per heavy atom. The summed E-state index contributed by atoms with van der Waals surface area (Å²) in [5, 5.41) is 16.9. The summed E-state index contributed by atoms with van der Waals surface area (Å²) in [5.41, 5.74) is 5.16. The largest absolute Gasteiger partial charge is 0.478 e. The van der Waals surface area contributed by atoms with Crippen LogP contribution in [-0.4, -0.2) is 33.7 Å². The third-order valence-corrected chi connectivity index (χ3v) is 2.58. The molecule has 0 aliphatic heterocycles. The summed E-state index contributed by atoms with van der Waals surface area (Å²) in [5.74, 6) is 2.71. The van der Waals surface area contributed by atoms with Crippen LogP contribution in [0.25, 0.3) is 10.9 Å². The molecule has 0 spiro atoms. The first kappa shape index (κ1) is 16.4. The minimum Gasteiger partial charge on any atom is -0.478 e. The van der Waals surface area contributed by atoms with Crippen LogP contribution in [0, 0.1) is 0 Å². The Balaban J connectivity index is 0.000000240. The van der Waals surface area contributed by atoms with Crippen molar-refractivity contribution < 1.29 is 19.8 Å². The van der Waals surface area contributed by atoms with E-state index >= 15 is 0 Å². The Bertz CT molecular complexity index is 618. The molecule has 0 radical (unpaired) electrons. The molecule has 0 atom stereocenters. The van der Waals surface area contributed by atoms with Crippen LogP contribution < -0.4 is 11.3 Å². The van der Waals surface area contributed by atoms with Crippen LogP contribution in [0.15, 0.2) is 42.6 Å². The third-order valence-electron chi connectivity index (χ3n) is 2.58. The van der Waals surface area contributed by atoms with Gasteiger partial charge in [-0.2, -0.15) is 0 Å². The van der Waals surface area contributed by atoms with Crippen molar-refractivity contribution in [3.63, 3.8) is 0 Å². The van der Waals surface area contributed by atoms with Crippen LogP contribution in [-0.2, 0) is 16.0 Å². The van der Waals surface area contributed by atoms with Gasteiger partial charge in [-0.05, 0) is 18.1 Å². The van der Waals surface area contributed by atoms with Gasteiger partial charge in [0.15, 0.2) is 0 Å². The average molecular weight is 291 g/mol. The molecule has 1 aromatic heterocycles. The number of fused-ring (bicyclic) bond motifs is 1. The zero-order valence-electron chi connectivity index (χ0n) is 11.2. The maximum Gasteiger partial charge on any atom is 0.328 e. The molecule has 2 rings (SSSR count). The summed E-state index contributed by atoms with van der Waals surface area (Å²) in [6, 6.07) is 8.28. The van der Waals surface area contributed by atoms with E-state index in [4.69, 9.17) is 16.1 Å². The fourth-order valence-electron chi connectivity index (χ4n) is 1.69. The topological polar surface area (TPSA) is 128 Å². The predicted molar refractivity (Wildman–Crippen MR) is 78.6 cm³/mol. The van der Waals surface area contributed by atoms with Crippen molar-refractivity contribution in [1.82, 2.24) is 10.4 Å². The lowest BCUT2D eigenvalue weighted by Gasteiger charge is -1.97. The van der Waals surface area contributed by atoms with Gasteiger partial charge in [0, 0.05) is 35.8 Å². The highest BCUT2D eigenvalue weighted by molar-refractivity contribution is 5.89. The number of nitrogens with two attached hydrogens (primary N) is 1. The van der Waals surface area contributed by atoms with Gasteiger partial charge in [-0.25, -0.2) is 9.59 Å². The molecule has 0 saturated carbocycles. The van der Waals surface area contributed by atoms with E-state index in [-0.39, 0.29) is 0 Å². The smallest absolute Gasteiger partial charge is 0.328 e. The Morgan fingerprint density at radius 3 is 2.38 bits per heavy atom. The number of carbonyl (C=O) groups is 2. The van der Waals surface area contributed by atoms with E-state index in [9.17, 15) is 9.59 Å². The van der Waals surface area contributed by atoms with Gasteiger partial charge in [0.1, 0.15) is 0 Å². The van der Waals surface area contributed by atoms with Crippen molar-refractivity contribution in [3.8, 4) is 0 Å². The standard InChI is InChI=1S/C10H13N3.C4H4O4/c11-13-6-5-8-7-12-10-4-2-1-3-9(8)10;5-3(6)1-2-4(7)8/h1-4,7,12-13H,5-6,11H2;1-2H,(H,5,6)(H,7,8)/b;2-1+. The first-order valence-electron chi connectivity index (χ1n) is 6.17. The maximum absolute atomic E-state index is 9.55. The molecular formula is C14H17N3O4. The molecule has 0 amide bonds. The minimum absolute atomic E-state index is 0.558. The van der Waals surface area contributed by atoms with Gasteiger partial charge in [0.25, 0.3) is 0 Å². The Labute approximate surface area is 121 Å². The molecule has 1 aromatic carbocycles. The van der Waals surface area contributed by atoms with Gasteiger partial charge >= 0.3 is 11.9 Å². The van der Waals surface area contributed by atoms with Crippen molar-refractivity contribution in [2.24, 2.45) is 5.84 Å². The minimum atomic E-state index is -1.26. The van der Waals surface area contributed by atoms with Gasteiger partial charge in [-0.15, -0.1) is 0 Å². The molecule has 7 nitrogen and oxygen atoms in total. The molecule has 2 aromatic rings. The maximum atomic E-state index is 9.55. The lowest BCUT2D eigenvalue weighted by Crippen LogP contribution is -2.24. The Morgan fingerprint density at radius 1 is 1.19 bits per heavy atom. The van der Waals surface area contributed by atoms with Crippen LogP contribution in [0.3, 0.4) is 0 Å². The number of rotatable bonds is 5. The summed E-state index contributed by atoms with van der Waals surface area (Å²) >= 11 is 0. The molecule has 0 aliphatic rings. The van der Waals surface area contributed by atoms with Gasteiger partial charge in [-0.1, -0.05) is 18.2 Å². The molecule has 21 heavy (non-hydrogen) atoms. The van der Waals surface area contributed by atoms with E-state index in [1.165, 1.54) is 16.5 Å². The summed E-state index contributed by atoms with van der Waals surface area (Å²) in [4.78, 5) is 22.3. The van der Waals surface area contributed by atoms with E-state index in [2.05, 4.69) is 28.6 Å². The zero-order chi connectivity index (χ0) is 15.7. The monoisotopic (exact) mass is 291 g/mol. The summed E-state index contributed by atoms with van der Waals surface area (Å²) in [6.07, 6.45) is 4.12.